The Kier molecular flexibility index (Phi) is 3.75. The molecule has 112 valence electrons. The Hall–Kier alpha value is -1.04. The molecule has 2 aliphatic rings. The van der Waals surface area contributed by atoms with Crippen molar-refractivity contribution in [1.82, 2.24) is 14.5 Å². The summed E-state index contributed by atoms with van der Waals surface area (Å²) in [5, 5.41) is 0. The Morgan fingerprint density at radius 3 is 2.80 bits per heavy atom. The lowest BCUT2D eigenvalue weighted by atomic mass is 9.92. The summed E-state index contributed by atoms with van der Waals surface area (Å²) in [5.74, 6) is 1.28. The van der Waals surface area contributed by atoms with E-state index in [1.807, 2.05) is 0 Å². The van der Waals surface area contributed by atoms with Gasteiger partial charge < -0.3 is 4.57 Å². The van der Waals surface area contributed by atoms with E-state index < -0.39 is 12.7 Å². The SMILES string of the molecule is FC(F)(F)Cn1ccnc1CN1CCC[C@H]2CCC[C@@H]21. The third kappa shape index (κ3) is 3.00. The van der Waals surface area contributed by atoms with Gasteiger partial charge in [-0.1, -0.05) is 6.42 Å². The number of likely N-dealkylation sites (tertiary alicyclic amines) is 1. The first kappa shape index (κ1) is 13.9. The van der Waals surface area contributed by atoms with Crippen LogP contribution in [0, 0.1) is 5.92 Å². The van der Waals surface area contributed by atoms with Crippen LogP contribution in [0.3, 0.4) is 0 Å². The number of hydrogen-bond acceptors (Lipinski definition) is 2. The summed E-state index contributed by atoms with van der Waals surface area (Å²) >= 11 is 0. The minimum atomic E-state index is -4.19. The molecule has 2 heterocycles. The number of rotatable bonds is 3. The van der Waals surface area contributed by atoms with Gasteiger partial charge in [-0.25, -0.2) is 4.98 Å². The molecule has 1 saturated carbocycles. The van der Waals surface area contributed by atoms with Gasteiger partial charge in [-0.2, -0.15) is 13.2 Å². The number of imidazole rings is 1. The molecule has 6 heteroatoms. The number of hydrogen-bond donors (Lipinski definition) is 0. The van der Waals surface area contributed by atoms with Crippen LogP contribution in [-0.2, 0) is 13.1 Å². The molecule has 1 aromatic rings. The van der Waals surface area contributed by atoms with E-state index in [0.717, 1.165) is 18.9 Å². The molecule has 1 aromatic heterocycles. The van der Waals surface area contributed by atoms with Gasteiger partial charge in [-0.15, -0.1) is 0 Å². The summed E-state index contributed by atoms with van der Waals surface area (Å²) in [5.41, 5.74) is 0. The van der Waals surface area contributed by atoms with Gasteiger partial charge >= 0.3 is 6.18 Å². The Labute approximate surface area is 116 Å². The quantitative estimate of drug-likeness (QED) is 0.851. The van der Waals surface area contributed by atoms with Gasteiger partial charge in [0.1, 0.15) is 12.4 Å². The van der Waals surface area contributed by atoms with Crippen molar-refractivity contribution >= 4 is 0 Å². The summed E-state index contributed by atoms with van der Waals surface area (Å²) in [6, 6.07) is 0.555. The number of aromatic nitrogens is 2. The molecule has 3 rings (SSSR count). The van der Waals surface area contributed by atoms with Crippen LogP contribution in [0.25, 0.3) is 0 Å². The largest absolute Gasteiger partial charge is 0.406 e. The van der Waals surface area contributed by atoms with E-state index in [9.17, 15) is 13.2 Å². The maximum Gasteiger partial charge on any atom is 0.406 e. The van der Waals surface area contributed by atoms with Crippen molar-refractivity contribution in [3.05, 3.63) is 18.2 Å². The van der Waals surface area contributed by atoms with Gasteiger partial charge in [0.2, 0.25) is 0 Å². The third-order valence-corrected chi connectivity index (χ3v) is 4.60. The molecule has 0 radical (unpaired) electrons. The molecule has 0 unspecified atom stereocenters. The van der Waals surface area contributed by atoms with Crippen LogP contribution in [0.1, 0.15) is 37.9 Å². The van der Waals surface area contributed by atoms with Crippen molar-refractivity contribution < 1.29 is 13.2 Å². The summed E-state index contributed by atoms with van der Waals surface area (Å²) in [6.45, 7) is 0.592. The molecular weight excluding hydrogens is 267 g/mol. The van der Waals surface area contributed by atoms with Crippen molar-refractivity contribution in [3.8, 4) is 0 Å². The summed E-state index contributed by atoms with van der Waals surface area (Å²) in [7, 11) is 0. The monoisotopic (exact) mass is 287 g/mol. The molecular formula is C14H20F3N3. The lowest BCUT2D eigenvalue weighted by Crippen LogP contribution is -2.42. The molecule has 1 aliphatic carbocycles. The number of halogens is 3. The summed E-state index contributed by atoms with van der Waals surface area (Å²) < 4.78 is 38.8. The fraction of sp³-hybridized carbons (Fsp3) is 0.786. The molecule has 0 aromatic carbocycles. The second-order valence-corrected chi connectivity index (χ2v) is 5.96. The van der Waals surface area contributed by atoms with Gasteiger partial charge in [0.25, 0.3) is 0 Å². The fourth-order valence-electron chi connectivity index (χ4n) is 3.76. The summed E-state index contributed by atoms with van der Waals surface area (Å²) in [4.78, 5) is 6.47. The molecule has 3 nitrogen and oxygen atoms in total. The third-order valence-electron chi connectivity index (χ3n) is 4.60. The van der Waals surface area contributed by atoms with E-state index >= 15 is 0 Å². The first-order valence-corrected chi connectivity index (χ1v) is 7.34. The molecule has 0 bridgehead atoms. The van der Waals surface area contributed by atoms with Crippen LogP contribution in [0.4, 0.5) is 13.2 Å². The number of alkyl halides is 3. The van der Waals surface area contributed by atoms with Crippen LogP contribution < -0.4 is 0 Å². The van der Waals surface area contributed by atoms with Gasteiger partial charge in [-0.3, -0.25) is 4.90 Å². The minimum absolute atomic E-state index is 0.537. The van der Waals surface area contributed by atoms with Crippen LogP contribution in [0.5, 0.6) is 0 Å². The normalized spacial score (nSPS) is 27.8. The van der Waals surface area contributed by atoms with E-state index in [0.29, 0.717) is 18.4 Å². The van der Waals surface area contributed by atoms with Crippen LogP contribution in [0.2, 0.25) is 0 Å². The van der Waals surface area contributed by atoms with Gasteiger partial charge in [-0.05, 0) is 38.1 Å². The first-order chi connectivity index (χ1) is 9.53. The lowest BCUT2D eigenvalue weighted by molar-refractivity contribution is -0.141. The molecule has 0 spiro atoms. The Bertz CT molecular complexity index is 455. The molecule has 2 fully saturated rings. The summed E-state index contributed by atoms with van der Waals surface area (Å²) in [6.07, 6.45) is 4.86. The van der Waals surface area contributed by atoms with Crippen LogP contribution in [0.15, 0.2) is 12.4 Å². The Morgan fingerprint density at radius 2 is 2.00 bits per heavy atom. The first-order valence-electron chi connectivity index (χ1n) is 7.34. The molecule has 0 N–H and O–H groups in total. The van der Waals surface area contributed by atoms with Crippen molar-refractivity contribution in [2.75, 3.05) is 6.54 Å². The Balaban J connectivity index is 1.70. The number of fused-ring (bicyclic) bond motifs is 1. The molecule has 1 saturated heterocycles. The zero-order valence-electron chi connectivity index (χ0n) is 11.4. The number of nitrogens with zero attached hydrogens (tertiary/aromatic N) is 3. The lowest BCUT2D eigenvalue weighted by Gasteiger charge is -2.37. The van der Waals surface area contributed by atoms with E-state index in [-0.39, 0.29) is 0 Å². The van der Waals surface area contributed by atoms with Crippen molar-refractivity contribution in [2.24, 2.45) is 5.92 Å². The van der Waals surface area contributed by atoms with Crippen LogP contribution in [-0.4, -0.2) is 33.2 Å². The average Bonchev–Trinajstić information content (AvgIpc) is 2.97. The van der Waals surface area contributed by atoms with Gasteiger partial charge in [0.05, 0.1) is 6.54 Å². The van der Waals surface area contributed by atoms with E-state index in [4.69, 9.17) is 0 Å². The van der Waals surface area contributed by atoms with E-state index in [2.05, 4.69) is 9.88 Å². The van der Waals surface area contributed by atoms with Crippen molar-refractivity contribution in [3.63, 3.8) is 0 Å². The van der Waals surface area contributed by atoms with Gasteiger partial charge in [0, 0.05) is 18.4 Å². The maximum absolute atomic E-state index is 12.5. The highest BCUT2D eigenvalue weighted by molar-refractivity contribution is 4.97. The zero-order valence-corrected chi connectivity index (χ0v) is 11.4. The highest BCUT2D eigenvalue weighted by Gasteiger charge is 2.36. The predicted octanol–water partition coefficient (Wildman–Crippen LogP) is 3.21. The van der Waals surface area contributed by atoms with E-state index in [1.165, 1.54) is 42.6 Å². The second-order valence-electron chi connectivity index (χ2n) is 5.96. The standard InChI is InChI=1S/C14H20F3N3/c15-14(16,17)10-20-8-6-18-13(20)9-19-7-2-4-11-3-1-5-12(11)19/h6,8,11-12H,1-5,7,9-10H2/t11-,12+/m1/s1. The zero-order chi connectivity index (χ0) is 14.2. The molecule has 2 atom stereocenters. The molecule has 20 heavy (non-hydrogen) atoms. The second kappa shape index (κ2) is 5.39. The fourth-order valence-corrected chi connectivity index (χ4v) is 3.76. The highest BCUT2D eigenvalue weighted by atomic mass is 19.4. The topological polar surface area (TPSA) is 21.1 Å². The number of piperidine rings is 1. The van der Waals surface area contributed by atoms with Crippen molar-refractivity contribution in [2.45, 2.75) is 57.4 Å². The smallest absolute Gasteiger partial charge is 0.325 e. The Morgan fingerprint density at radius 1 is 1.20 bits per heavy atom. The minimum Gasteiger partial charge on any atom is -0.325 e. The van der Waals surface area contributed by atoms with E-state index in [1.54, 1.807) is 0 Å². The van der Waals surface area contributed by atoms with Gasteiger partial charge in [0.15, 0.2) is 0 Å². The van der Waals surface area contributed by atoms with Crippen LogP contribution >= 0.6 is 0 Å². The molecule has 1 aliphatic heterocycles. The maximum atomic E-state index is 12.5. The predicted molar refractivity (Wildman–Crippen MR) is 69.1 cm³/mol. The molecule has 0 amide bonds. The highest BCUT2D eigenvalue weighted by Crippen LogP contribution is 2.37. The average molecular weight is 287 g/mol. The van der Waals surface area contributed by atoms with Crippen molar-refractivity contribution in [1.29, 1.82) is 0 Å².